The van der Waals surface area contributed by atoms with E-state index >= 15 is 4.39 Å². The van der Waals surface area contributed by atoms with Gasteiger partial charge in [0.15, 0.2) is 11.6 Å². The minimum Gasteiger partial charge on any atom is -0.453 e. The molecule has 0 radical (unpaired) electrons. The van der Waals surface area contributed by atoms with Crippen LogP contribution in [0.2, 0.25) is 0 Å². The summed E-state index contributed by atoms with van der Waals surface area (Å²) < 4.78 is 21.8. The third-order valence-electron chi connectivity index (χ3n) is 6.23. The maximum Gasteiger partial charge on any atom is 0.323 e. The van der Waals surface area contributed by atoms with Crippen LogP contribution in [0.5, 0.6) is 11.5 Å². The first-order chi connectivity index (χ1) is 20.4. The molecule has 5 aromatic rings. The lowest BCUT2D eigenvalue weighted by atomic mass is 10.2. The van der Waals surface area contributed by atoms with Crippen LogP contribution in [0.25, 0.3) is 20.8 Å². The van der Waals surface area contributed by atoms with Crippen LogP contribution in [0, 0.1) is 5.82 Å². The number of aromatic nitrogens is 2. The molecule has 0 saturated carbocycles. The molecule has 0 atom stereocenters. The lowest BCUT2D eigenvalue weighted by Crippen LogP contribution is -2.21. The van der Waals surface area contributed by atoms with Crippen molar-refractivity contribution < 1.29 is 18.7 Å². The fraction of sp³-hybridized carbons (Fsp3) is 0.161. The Labute approximate surface area is 246 Å². The summed E-state index contributed by atoms with van der Waals surface area (Å²) in [6.07, 6.45) is 4.55. The van der Waals surface area contributed by atoms with Crippen LogP contribution in [-0.4, -0.2) is 35.5 Å². The summed E-state index contributed by atoms with van der Waals surface area (Å²) in [4.78, 5) is 34.3. The highest BCUT2D eigenvalue weighted by molar-refractivity contribution is 7.22. The third kappa shape index (κ3) is 6.88. The Hall–Kier alpha value is -4.87. The Morgan fingerprint density at radius 3 is 2.52 bits per heavy atom. The molecule has 4 N–H and O–H groups in total. The molecule has 3 heterocycles. The summed E-state index contributed by atoms with van der Waals surface area (Å²) in [5.74, 6) is -0.456. The molecule has 5 rings (SSSR count). The largest absolute Gasteiger partial charge is 0.453 e. The number of nitrogens with zero attached hydrogens (tertiary/aromatic N) is 2. The van der Waals surface area contributed by atoms with Gasteiger partial charge in [0.1, 0.15) is 5.75 Å². The SMILES string of the molecule is CCCNCc1ccc(-c2cc3nccc(Oc4ccc(NC(=O)Nc5cccc(C(=O)NC)c5)cc4F)c3s2)nc1. The number of fused-ring (bicyclic) bond motifs is 1. The van der Waals surface area contributed by atoms with E-state index in [1.54, 1.807) is 36.5 Å². The number of thiophene rings is 1. The van der Waals surface area contributed by atoms with Gasteiger partial charge in [-0.25, -0.2) is 9.18 Å². The highest BCUT2D eigenvalue weighted by atomic mass is 32.1. The van der Waals surface area contributed by atoms with Gasteiger partial charge in [-0.05, 0) is 61.0 Å². The van der Waals surface area contributed by atoms with Gasteiger partial charge in [0.2, 0.25) is 0 Å². The number of urea groups is 1. The molecule has 0 unspecified atom stereocenters. The van der Waals surface area contributed by atoms with Crippen molar-refractivity contribution in [1.82, 2.24) is 20.6 Å². The molecule has 0 aliphatic carbocycles. The average Bonchev–Trinajstić information content (AvgIpc) is 3.44. The third-order valence-corrected chi connectivity index (χ3v) is 7.39. The van der Waals surface area contributed by atoms with E-state index in [9.17, 15) is 9.59 Å². The quantitative estimate of drug-likeness (QED) is 0.134. The molecule has 0 fully saturated rings. The zero-order valence-corrected chi connectivity index (χ0v) is 23.8. The number of nitrogens with one attached hydrogen (secondary N) is 4. The van der Waals surface area contributed by atoms with Crippen molar-refractivity contribution in [3.05, 3.63) is 96.1 Å². The molecule has 11 heteroatoms. The van der Waals surface area contributed by atoms with Crippen molar-refractivity contribution >= 4 is 44.9 Å². The second-order valence-electron chi connectivity index (χ2n) is 9.35. The summed E-state index contributed by atoms with van der Waals surface area (Å²) >= 11 is 1.47. The van der Waals surface area contributed by atoms with E-state index in [-0.39, 0.29) is 17.3 Å². The van der Waals surface area contributed by atoms with Crippen molar-refractivity contribution in [2.75, 3.05) is 24.2 Å². The first kappa shape index (κ1) is 28.7. The molecule has 42 heavy (non-hydrogen) atoms. The lowest BCUT2D eigenvalue weighted by Gasteiger charge is -2.11. The summed E-state index contributed by atoms with van der Waals surface area (Å²) in [6.45, 7) is 3.85. The van der Waals surface area contributed by atoms with E-state index in [0.29, 0.717) is 17.0 Å². The molecule has 3 amide bonds. The molecule has 2 aromatic carbocycles. The first-order valence-electron chi connectivity index (χ1n) is 13.4. The van der Waals surface area contributed by atoms with Crippen LogP contribution in [-0.2, 0) is 6.54 Å². The highest BCUT2D eigenvalue weighted by Gasteiger charge is 2.15. The Balaban J connectivity index is 1.27. The van der Waals surface area contributed by atoms with Gasteiger partial charge in [-0.1, -0.05) is 19.1 Å². The van der Waals surface area contributed by atoms with Gasteiger partial charge in [0, 0.05) is 55.1 Å². The molecular formula is C31H29FN6O3S. The zero-order chi connectivity index (χ0) is 29.5. The average molecular weight is 585 g/mol. The van der Waals surface area contributed by atoms with E-state index in [4.69, 9.17) is 4.74 Å². The normalized spacial score (nSPS) is 10.8. The Morgan fingerprint density at radius 2 is 1.79 bits per heavy atom. The highest BCUT2D eigenvalue weighted by Crippen LogP contribution is 2.39. The predicted octanol–water partition coefficient (Wildman–Crippen LogP) is 6.79. The molecule has 0 aliphatic heterocycles. The summed E-state index contributed by atoms with van der Waals surface area (Å²) in [5, 5.41) is 11.1. The molecule has 9 nitrogen and oxygen atoms in total. The maximum atomic E-state index is 15.0. The van der Waals surface area contributed by atoms with E-state index < -0.39 is 11.8 Å². The van der Waals surface area contributed by atoms with Crippen LogP contribution in [0.4, 0.5) is 20.6 Å². The number of hydrogen-bond donors (Lipinski definition) is 4. The first-order valence-corrected chi connectivity index (χ1v) is 14.2. The molecule has 0 aliphatic rings. The van der Waals surface area contributed by atoms with Crippen molar-refractivity contribution in [3.8, 4) is 22.1 Å². The minimum absolute atomic E-state index is 0.00347. The monoisotopic (exact) mass is 584 g/mol. The van der Waals surface area contributed by atoms with Crippen LogP contribution >= 0.6 is 11.3 Å². The second-order valence-corrected chi connectivity index (χ2v) is 10.4. The fourth-order valence-corrected chi connectivity index (χ4v) is 5.20. The molecular weight excluding hydrogens is 555 g/mol. The van der Waals surface area contributed by atoms with Gasteiger partial charge < -0.3 is 26.0 Å². The van der Waals surface area contributed by atoms with Gasteiger partial charge in [0.05, 0.1) is 20.8 Å². The molecule has 0 bridgehead atoms. The van der Waals surface area contributed by atoms with Gasteiger partial charge in [-0.3, -0.25) is 14.8 Å². The summed E-state index contributed by atoms with van der Waals surface area (Å²) in [7, 11) is 1.52. The number of pyridine rings is 2. The Bertz CT molecular complexity index is 1720. The van der Waals surface area contributed by atoms with Crippen LogP contribution in [0.1, 0.15) is 29.3 Å². The number of amides is 3. The smallest absolute Gasteiger partial charge is 0.323 e. The molecule has 0 saturated heterocycles. The lowest BCUT2D eigenvalue weighted by molar-refractivity contribution is 0.0963. The van der Waals surface area contributed by atoms with Crippen LogP contribution in [0.15, 0.2) is 79.1 Å². The number of ether oxygens (including phenoxy) is 1. The van der Waals surface area contributed by atoms with E-state index in [0.717, 1.165) is 45.9 Å². The Morgan fingerprint density at radius 1 is 0.952 bits per heavy atom. The number of hydrogen-bond acceptors (Lipinski definition) is 7. The maximum absolute atomic E-state index is 15.0. The predicted molar refractivity (Wildman–Crippen MR) is 164 cm³/mol. The number of benzene rings is 2. The number of rotatable bonds is 10. The Kier molecular flexibility index (Phi) is 9.00. The molecule has 0 spiro atoms. The van der Waals surface area contributed by atoms with Crippen molar-refractivity contribution in [1.29, 1.82) is 0 Å². The van der Waals surface area contributed by atoms with Gasteiger partial charge in [0.25, 0.3) is 5.91 Å². The van der Waals surface area contributed by atoms with E-state index in [1.165, 1.54) is 36.6 Å². The number of anilines is 2. The van der Waals surface area contributed by atoms with Crippen LogP contribution in [0.3, 0.4) is 0 Å². The summed E-state index contributed by atoms with van der Waals surface area (Å²) in [6, 6.07) is 17.7. The second kappa shape index (κ2) is 13.2. The number of carbonyl (C=O) groups is 2. The standard InChI is InChI=1S/C31H29FN6O3S/c1-3-12-34-17-19-7-9-24(36-18-19)28-16-25-29(42-28)27(11-13-35-25)41-26-10-8-22(15-23(26)32)38-31(40)37-21-6-4-5-20(14-21)30(39)33-2/h4-11,13-16,18,34H,3,12,17H2,1-2H3,(H,33,39)(H2,37,38,40). The van der Waals surface area contributed by atoms with Crippen molar-refractivity contribution in [3.63, 3.8) is 0 Å². The van der Waals surface area contributed by atoms with E-state index in [2.05, 4.69) is 38.2 Å². The summed E-state index contributed by atoms with van der Waals surface area (Å²) in [5.41, 5.74) is 3.70. The van der Waals surface area contributed by atoms with Crippen molar-refractivity contribution in [2.24, 2.45) is 0 Å². The van der Waals surface area contributed by atoms with Crippen molar-refractivity contribution in [2.45, 2.75) is 19.9 Å². The van der Waals surface area contributed by atoms with Gasteiger partial charge in [-0.15, -0.1) is 11.3 Å². The molecule has 214 valence electrons. The van der Waals surface area contributed by atoms with Crippen LogP contribution < -0.4 is 26.0 Å². The number of carbonyl (C=O) groups excluding carboxylic acids is 2. The van der Waals surface area contributed by atoms with E-state index in [1.807, 2.05) is 24.4 Å². The minimum atomic E-state index is -0.648. The fourth-order valence-electron chi connectivity index (χ4n) is 4.16. The topological polar surface area (TPSA) is 117 Å². The van der Waals surface area contributed by atoms with Gasteiger partial charge in [-0.2, -0.15) is 0 Å². The number of halogens is 1. The molecule has 3 aromatic heterocycles. The van der Waals surface area contributed by atoms with Gasteiger partial charge >= 0.3 is 6.03 Å². The zero-order valence-electron chi connectivity index (χ0n) is 23.0.